The summed E-state index contributed by atoms with van der Waals surface area (Å²) in [4.78, 5) is 4.04. The monoisotopic (exact) mass is 218 g/mol. The van der Waals surface area contributed by atoms with E-state index >= 15 is 0 Å². The summed E-state index contributed by atoms with van der Waals surface area (Å²) >= 11 is 0. The van der Waals surface area contributed by atoms with E-state index in [2.05, 4.69) is 29.4 Å². The number of pyridine rings is 1. The lowest BCUT2D eigenvalue weighted by atomic mass is 9.83. The molecule has 0 saturated heterocycles. The van der Waals surface area contributed by atoms with Gasteiger partial charge >= 0.3 is 0 Å². The highest BCUT2D eigenvalue weighted by Gasteiger charge is 2.16. The minimum atomic E-state index is 0.572. The average Bonchev–Trinajstić information content (AvgIpc) is 2.23. The molecule has 1 N–H and O–H groups in total. The first-order valence-electron chi connectivity index (χ1n) is 6.47. The Bertz CT molecular complexity index is 293. The Morgan fingerprint density at radius 1 is 1.38 bits per heavy atom. The third-order valence-corrected chi connectivity index (χ3v) is 3.56. The van der Waals surface area contributed by atoms with Crippen LogP contribution >= 0.6 is 0 Å². The van der Waals surface area contributed by atoms with Crippen LogP contribution in [0.4, 0.5) is 0 Å². The number of hydrogen-bond acceptors (Lipinski definition) is 2. The number of rotatable bonds is 6. The smallest absolute Gasteiger partial charge is 0.0270 e. The summed E-state index contributed by atoms with van der Waals surface area (Å²) in [5, 5.41) is 3.61. The minimum Gasteiger partial charge on any atom is -0.314 e. The van der Waals surface area contributed by atoms with Gasteiger partial charge in [0.25, 0.3) is 0 Å². The predicted octanol–water partition coefficient (Wildman–Crippen LogP) is 2.79. The lowest BCUT2D eigenvalue weighted by Crippen LogP contribution is -2.30. The van der Waals surface area contributed by atoms with E-state index in [0.717, 1.165) is 12.3 Å². The molecule has 1 unspecified atom stereocenters. The molecule has 0 aliphatic heterocycles. The van der Waals surface area contributed by atoms with Crippen molar-refractivity contribution in [2.45, 2.75) is 45.1 Å². The summed E-state index contributed by atoms with van der Waals surface area (Å²) in [6.45, 7) is 3.44. The molecule has 0 amide bonds. The number of nitrogens with one attached hydrogen (secondary N) is 1. The van der Waals surface area contributed by atoms with Gasteiger partial charge in [0, 0.05) is 18.4 Å². The summed E-state index contributed by atoms with van der Waals surface area (Å²) < 4.78 is 0. The highest BCUT2D eigenvalue weighted by atomic mass is 14.9. The molecule has 16 heavy (non-hydrogen) atoms. The van der Waals surface area contributed by atoms with Crippen LogP contribution in [0.15, 0.2) is 24.5 Å². The van der Waals surface area contributed by atoms with Gasteiger partial charge in [-0.1, -0.05) is 19.3 Å². The van der Waals surface area contributed by atoms with Crippen LogP contribution in [0.3, 0.4) is 0 Å². The molecule has 2 rings (SSSR count). The SMILES string of the molecule is CC(Cc1ccncc1)NCCC1CCC1. The summed E-state index contributed by atoms with van der Waals surface area (Å²) in [5.74, 6) is 1.01. The molecule has 1 atom stereocenters. The average molecular weight is 218 g/mol. The van der Waals surface area contributed by atoms with Crippen molar-refractivity contribution in [3.63, 3.8) is 0 Å². The summed E-state index contributed by atoms with van der Waals surface area (Å²) in [6, 6.07) is 4.77. The molecule has 1 fully saturated rings. The number of hydrogen-bond donors (Lipinski definition) is 1. The fraction of sp³-hybridized carbons (Fsp3) is 0.643. The standard InChI is InChI=1S/C14H22N2/c1-12(11-14-5-8-15-9-6-14)16-10-7-13-3-2-4-13/h5-6,8-9,12-13,16H,2-4,7,10-11H2,1H3. The third kappa shape index (κ3) is 3.60. The first-order valence-corrected chi connectivity index (χ1v) is 6.47. The zero-order chi connectivity index (χ0) is 11.2. The van der Waals surface area contributed by atoms with E-state index in [1.165, 1.54) is 37.8 Å². The van der Waals surface area contributed by atoms with E-state index in [-0.39, 0.29) is 0 Å². The predicted molar refractivity (Wildman–Crippen MR) is 67.4 cm³/mol. The number of nitrogens with zero attached hydrogens (tertiary/aromatic N) is 1. The van der Waals surface area contributed by atoms with Crippen LogP contribution in [-0.4, -0.2) is 17.6 Å². The molecule has 1 heterocycles. The second kappa shape index (κ2) is 6.00. The molecule has 1 aromatic rings. The molecule has 1 aliphatic carbocycles. The maximum atomic E-state index is 4.04. The van der Waals surface area contributed by atoms with Crippen LogP contribution in [0.1, 0.15) is 38.2 Å². The maximum absolute atomic E-state index is 4.04. The molecular formula is C14H22N2. The van der Waals surface area contributed by atoms with E-state index in [1.807, 2.05) is 12.4 Å². The molecule has 2 nitrogen and oxygen atoms in total. The lowest BCUT2D eigenvalue weighted by Gasteiger charge is -2.26. The highest BCUT2D eigenvalue weighted by Crippen LogP contribution is 2.28. The van der Waals surface area contributed by atoms with Gasteiger partial charge in [-0.25, -0.2) is 0 Å². The molecule has 0 aromatic carbocycles. The molecule has 88 valence electrons. The van der Waals surface area contributed by atoms with E-state index in [9.17, 15) is 0 Å². The van der Waals surface area contributed by atoms with E-state index < -0.39 is 0 Å². The molecule has 1 aliphatic rings. The Balaban J connectivity index is 1.62. The van der Waals surface area contributed by atoms with Crippen molar-refractivity contribution >= 4 is 0 Å². The van der Waals surface area contributed by atoms with E-state index in [4.69, 9.17) is 0 Å². The second-order valence-electron chi connectivity index (χ2n) is 5.00. The molecule has 1 saturated carbocycles. The normalized spacial score (nSPS) is 18.1. The first kappa shape index (κ1) is 11.6. The Labute approximate surface area is 98.5 Å². The lowest BCUT2D eigenvalue weighted by molar-refractivity contribution is 0.288. The fourth-order valence-electron chi connectivity index (χ4n) is 2.26. The topological polar surface area (TPSA) is 24.9 Å². The molecule has 0 bridgehead atoms. The maximum Gasteiger partial charge on any atom is 0.0270 e. The van der Waals surface area contributed by atoms with Crippen LogP contribution in [0.5, 0.6) is 0 Å². The van der Waals surface area contributed by atoms with Crippen molar-refractivity contribution in [1.82, 2.24) is 10.3 Å². The van der Waals surface area contributed by atoms with Crippen LogP contribution in [0.25, 0.3) is 0 Å². The van der Waals surface area contributed by atoms with E-state index in [0.29, 0.717) is 6.04 Å². The van der Waals surface area contributed by atoms with Gasteiger partial charge in [0.1, 0.15) is 0 Å². The Hall–Kier alpha value is -0.890. The molecular weight excluding hydrogens is 196 g/mol. The minimum absolute atomic E-state index is 0.572. The van der Waals surface area contributed by atoms with Crippen molar-refractivity contribution in [1.29, 1.82) is 0 Å². The van der Waals surface area contributed by atoms with E-state index in [1.54, 1.807) is 0 Å². The number of aromatic nitrogens is 1. The van der Waals surface area contributed by atoms with Crippen LogP contribution in [0.2, 0.25) is 0 Å². The Morgan fingerprint density at radius 2 is 2.12 bits per heavy atom. The van der Waals surface area contributed by atoms with Gasteiger partial charge in [-0.3, -0.25) is 4.98 Å². The van der Waals surface area contributed by atoms with Crippen LogP contribution in [-0.2, 0) is 6.42 Å². The molecule has 0 spiro atoms. The molecule has 0 radical (unpaired) electrons. The zero-order valence-electron chi connectivity index (χ0n) is 10.2. The highest BCUT2D eigenvalue weighted by molar-refractivity contribution is 5.10. The van der Waals surface area contributed by atoms with Gasteiger partial charge in [-0.05, 0) is 49.9 Å². The quantitative estimate of drug-likeness (QED) is 0.794. The van der Waals surface area contributed by atoms with Crippen LogP contribution < -0.4 is 5.32 Å². The van der Waals surface area contributed by atoms with Crippen molar-refractivity contribution in [3.8, 4) is 0 Å². The van der Waals surface area contributed by atoms with Gasteiger partial charge < -0.3 is 5.32 Å². The van der Waals surface area contributed by atoms with Crippen molar-refractivity contribution in [2.24, 2.45) is 5.92 Å². The van der Waals surface area contributed by atoms with Gasteiger partial charge in [0.2, 0.25) is 0 Å². The van der Waals surface area contributed by atoms with Crippen molar-refractivity contribution < 1.29 is 0 Å². The van der Waals surface area contributed by atoms with Crippen molar-refractivity contribution in [3.05, 3.63) is 30.1 Å². The van der Waals surface area contributed by atoms with Gasteiger partial charge in [0.05, 0.1) is 0 Å². The Morgan fingerprint density at radius 3 is 2.75 bits per heavy atom. The van der Waals surface area contributed by atoms with Gasteiger partial charge in [0.15, 0.2) is 0 Å². The largest absolute Gasteiger partial charge is 0.314 e. The second-order valence-corrected chi connectivity index (χ2v) is 5.00. The Kier molecular flexibility index (Phi) is 4.34. The fourth-order valence-corrected chi connectivity index (χ4v) is 2.26. The van der Waals surface area contributed by atoms with Crippen LogP contribution in [0, 0.1) is 5.92 Å². The summed E-state index contributed by atoms with van der Waals surface area (Å²) in [6.07, 6.45) is 10.6. The zero-order valence-corrected chi connectivity index (χ0v) is 10.2. The van der Waals surface area contributed by atoms with Crippen molar-refractivity contribution in [2.75, 3.05) is 6.54 Å². The molecule has 2 heteroatoms. The third-order valence-electron chi connectivity index (χ3n) is 3.56. The summed E-state index contributed by atoms with van der Waals surface area (Å²) in [7, 11) is 0. The summed E-state index contributed by atoms with van der Waals surface area (Å²) in [5.41, 5.74) is 1.37. The molecule has 1 aromatic heterocycles. The van der Waals surface area contributed by atoms with Gasteiger partial charge in [-0.2, -0.15) is 0 Å². The first-order chi connectivity index (χ1) is 7.84. The van der Waals surface area contributed by atoms with Gasteiger partial charge in [-0.15, -0.1) is 0 Å².